The number of aromatic nitrogens is 2. The fourth-order valence-corrected chi connectivity index (χ4v) is 2.38. The molecule has 5 nitrogen and oxygen atoms in total. The van der Waals surface area contributed by atoms with Crippen LogP contribution in [-0.4, -0.2) is 15.1 Å². The van der Waals surface area contributed by atoms with Gasteiger partial charge in [-0.05, 0) is 29.9 Å². The van der Waals surface area contributed by atoms with Crippen molar-refractivity contribution in [1.29, 1.82) is 0 Å². The summed E-state index contributed by atoms with van der Waals surface area (Å²) in [6.07, 6.45) is 0. The first kappa shape index (κ1) is 17.1. The number of benzene rings is 2. The van der Waals surface area contributed by atoms with Crippen LogP contribution in [0, 0.1) is 0 Å². The third-order valence-electron chi connectivity index (χ3n) is 3.16. The number of thiocarbonyl (C=S) groups is 1. The molecule has 3 rings (SSSR count). The predicted octanol–water partition coefficient (Wildman–Crippen LogP) is 4.41. The van der Waals surface area contributed by atoms with Gasteiger partial charge in [-0.15, -0.1) is 0 Å². The maximum Gasteiger partial charge on any atom is 0.233 e. The van der Waals surface area contributed by atoms with E-state index >= 15 is 0 Å². The van der Waals surface area contributed by atoms with Crippen molar-refractivity contribution in [3.05, 3.63) is 77.4 Å². The minimum Gasteiger partial charge on any atom is -0.439 e. The summed E-state index contributed by atoms with van der Waals surface area (Å²) in [7, 11) is 0. The number of nitrogens with zero attached hydrogens (tertiary/aromatic N) is 2. The highest BCUT2D eigenvalue weighted by Crippen LogP contribution is 2.22. The van der Waals surface area contributed by atoms with E-state index in [1.807, 2.05) is 60.7 Å². The van der Waals surface area contributed by atoms with Crippen molar-refractivity contribution in [3.8, 4) is 11.6 Å². The molecule has 0 radical (unpaired) electrons. The smallest absolute Gasteiger partial charge is 0.233 e. The molecule has 0 unspecified atom stereocenters. The van der Waals surface area contributed by atoms with Crippen molar-refractivity contribution >= 4 is 34.9 Å². The monoisotopic (exact) mass is 370 g/mol. The van der Waals surface area contributed by atoms with Crippen LogP contribution in [-0.2, 0) is 6.54 Å². The second-order valence-corrected chi connectivity index (χ2v) is 5.86. The molecule has 0 saturated carbocycles. The summed E-state index contributed by atoms with van der Waals surface area (Å²) in [6, 6.07) is 20.8. The fraction of sp³-hybridized carbons (Fsp3) is 0.0556. The molecule has 7 heteroatoms. The Hall–Kier alpha value is -2.70. The van der Waals surface area contributed by atoms with Crippen LogP contribution in [0.2, 0.25) is 5.15 Å². The second-order valence-electron chi connectivity index (χ2n) is 5.06. The Kier molecular flexibility index (Phi) is 5.77. The predicted molar refractivity (Wildman–Crippen MR) is 103 cm³/mol. The van der Waals surface area contributed by atoms with Gasteiger partial charge in [0.25, 0.3) is 0 Å². The molecule has 2 N–H and O–H groups in total. The van der Waals surface area contributed by atoms with Gasteiger partial charge in [-0.2, -0.15) is 4.98 Å². The summed E-state index contributed by atoms with van der Waals surface area (Å²) in [5, 5.41) is 6.66. The van der Waals surface area contributed by atoms with Crippen molar-refractivity contribution in [3.63, 3.8) is 0 Å². The largest absolute Gasteiger partial charge is 0.439 e. The Balaban J connectivity index is 1.62. The Morgan fingerprint density at radius 3 is 2.40 bits per heavy atom. The lowest BCUT2D eigenvalue weighted by Crippen LogP contribution is -2.28. The topological polar surface area (TPSA) is 59.1 Å². The van der Waals surface area contributed by atoms with Gasteiger partial charge in [0.1, 0.15) is 10.9 Å². The highest BCUT2D eigenvalue weighted by molar-refractivity contribution is 7.80. The van der Waals surface area contributed by atoms with E-state index in [-0.39, 0.29) is 11.1 Å². The molecule has 3 aromatic rings. The molecule has 0 aliphatic rings. The van der Waals surface area contributed by atoms with Gasteiger partial charge >= 0.3 is 0 Å². The first-order valence-corrected chi connectivity index (χ1v) is 8.34. The maximum atomic E-state index is 6.04. The standard InChI is InChI=1S/C18H15ClN4OS/c19-15-11-16(24-14-9-5-2-6-10-14)22-17(21-15)23-18(25)20-12-13-7-3-1-4-8-13/h1-11H,12H2,(H2,20,21,22,23,25). The molecule has 0 aliphatic carbocycles. The second kappa shape index (κ2) is 8.41. The molecule has 0 atom stereocenters. The molecule has 0 spiro atoms. The van der Waals surface area contributed by atoms with Crippen LogP contribution in [0.25, 0.3) is 0 Å². The van der Waals surface area contributed by atoms with Gasteiger partial charge in [-0.1, -0.05) is 60.1 Å². The van der Waals surface area contributed by atoms with Crippen molar-refractivity contribution in [2.45, 2.75) is 6.54 Å². The summed E-state index contributed by atoms with van der Waals surface area (Å²) < 4.78 is 5.67. The quantitative estimate of drug-likeness (QED) is 0.512. The molecule has 126 valence electrons. The lowest BCUT2D eigenvalue weighted by molar-refractivity contribution is 0.462. The van der Waals surface area contributed by atoms with Gasteiger partial charge in [0.05, 0.1) is 0 Å². The van der Waals surface area contributed by atoms with E-state index in [1.165, 1.54) is 0 Å². The Morgan fingerprint density at radius 2 is 1.68 bits per heavy atom. The van der Waals surface area contributed by atoms with Gasteiger partial charge < -0.3 is 15.4 Å². The van der Waals surface area contributed by atoms with Gasteiger partial charge in [0.2, 0.25) is 11.8 Å². The highest BCUT2D eigenvalue weighted by Gasteiger charge is 2.07. The molecule has 1 aromatic heterocycles. The van der Waals surface area contributed by atoms with Gasteiger partial charge in [-0.25, -0.2) is 4.98 Å². The number of ether oxygens (including phenoxy) is 1. The molecular weight excluding hydrogens is 356 g/mol. The SMILES string of the molecule is S=C(NCc1ccccc1)Nc1nc(Cl)cc(Oc2ccccc2)n1. The first-order valence-electron chi connectivity index (χ1n) is 7.55. The normalized spacial score (nSPS) is 10.1. The van der Waals surface area contributed by atoms with Crippen LogP contribution in [0.1, 0.15) is 5.56 Å². The summed E-state index contributed by atoms with van der Waals surface area (Å²) >= 11 is 11.3. The fourth-order valence-electron chi connectivity index (χ4n) is 2.04. The zero-order valence-corrected chi connectivity index (χ0v) is 14.7. The molecule has 25 heavy (non-hydrogen) atoms. The average molecular weight is 371 g/mol. The minimum atomic E-state index is 0.259. The van der Waals surface area contributed by atoms with Gasteiger partial charge in [0, 0.05) is 12.6 Å². The Morgan fingerprint density at radius 1 is 1.00 bits per heavy atom. The zero-order valence-electron chi connectivity index (χ0n) is 13.1. The Bertz CT molecular complexity index is 846. The molecule has 0 saturated heterocycles. The summed E-state index contributed by atoms with van der Waals surface area (Å²) in [4.78, 5) is 8.37. The average Bonchev–Trinajstić information content (AvgIpc) is 2.61. The molecule has 0 amide bonds. The number of hydrogen-bond acceptors (Lipinski definition) is 4. The first-order chi connectivity index (χ1) is 12.2. The maximum absolute atomic E-state index is 6.04. The summed E-state index contributed by atoms with van der Waals surface area (Å²) in [6.45, 7) is 0.598. The van der Waals surface area contributed by atoms with Crippen LogP contribution in [0.15, 0.2) is 66.7 Å². The summed E-state index contributed by atoms with van der Waals surface area (Å²) in [5.41, 5.74) is 1.12. The number of para-hydroxylation sites is 1. The number of rotatable bonds is 5. The van der Waals surface area contributed by atoms with Crippen LogP contribution >= 0.6 is 23.8 Å². The number of hydrogen-bond donors (Lipinski definition) is 2. The van der Waals surface area contributed by atoms with Crippen LogP contribution in [0.5, 0.6) is 11.6 Å². The third kappa shape index (κ3) is 5.41. The van der Waals surface area contributed by atoms with E-state index in [0.29, 0.717) is 23.3 Å². The van der Waals surface area contributed by atoms with E-state index in [4.69, 9.17) is 28.6 Å². The van der Waals surface area contributed by atoms with Gasteiger partial charge in [-0.3, -0.25) is 0 Å². The number of halogens is 1. The van der Waals surface area contributed by atoms with E-state index in [0.717, 1.165) is 5.56 Å². The van der Waals surface area contributed by atoms with Crippen molar-refractivity contribution in [2.24, 2.45) is 0 Å². The lowest BCUT2D eigenvalue weighted by atomic mass is 10.2. The van der Waals surface area contributed by atoms with Gasteiger partial charge in [0.15, 0.2) is 5.11 Å². The van der Waals surface area contributed by atoms with Crippen LogP contribution in [0.4, 0.5) is 5.95 Å². The molecule has 0 fully saturated rings. The lowest BCUT2D eigenvalue weighted by Gasteiger charge is -2.11. The zero-order chi connectivity index (χ0) is 17.5. The van der Waals surface area contributed by atoms with Crippen LogP contribution < -0.4 is 15.4 Å². The molecule has 0 aliphatic heterocycles. The van der Waals surface area contributed by atoms with Crippen molar-refractivity contribution < 1.29 is 4.74 Å². The van der Waals surface area contributed by atoms with Crippen LogP contribution in [0.3, 0.4) is 0 Å². The highest BCUT2D eigenvalue weighted by atomic mass is 35.5. The molecule has 1 heterocycles. The van der Waals surface area contributed by atoms with E-state index in [9.17, 15) is 0 Å². The number of nitrogens with one attached hydrogen (secondary N) is 2. The van der Waals surface area contributed by atoms with Crippen molar-refractivity contribution in [1.82, 2.24) is 15.3 Å². The number of anilines is 1. The van der Waals surface area contributed by atoms with E-state index in [2.05, 4.69) is 20.6 Å². The van der Waals surface area contributed by atoms with Crippen molar-refractivity contribution in [2.75, 3.05) is 5.32 Å². The third-order valence-corrected chi connectivity index (χ3v) is 3.60. The Labute approximate surface area is 156 Å². The summed E-state index contributed by atoms with van der Waals surface area (Å²) in [5.74, 6) is 1.26. The molecular formula is C18H15ClN4OS. The molecule has 0 bridgehead atoms. The molecule has 2 aromatic carbocycles. The minimum absolute atomic E-state index is 0.259. The van der Waals surface area contributed by atoms with E-state index in [1.54, 1.807) is 6.07 Å². The van der Waals surface area contributed by atoms with E-state index < -0.39 is 0 Å².